The number of carbonyl (C=O) groups is 10. The van der Waals surface area contributed by atoms with Gasteiger partial charge in [0.05, 0.1) is 43.1 Å². The minimum absolute atomic E-state index is 0.0175. The molecule has 34 heteroatoms. The Hall–Kier alpha value is -9.09. The zero-order valence-electron chi connectivity index (χ0n) is 52.2. The molecule has 13 N–H and O–H groups in total. The van der Waals surface area contributed by atoms with Crippen LogP contribution in [0, 0.1) is 26.7 Å². The van der Waals surface area contributed by atoms with Crippen molar-refractivity contribution in [3.8, 4) is 17.2 Å². The number of ketones is 1. The number of nitrogens with two attached hydrogens (primary N) is 1. The van der Waals surface area contributed by atoms with Gasteiger partial charge >= 0.3 is 0 Å². The Morgan fingerprint density at radius 3 is 1.37 bits per heavy atom. The van der Waals surface area contributed by atoms with Crippen molar-refractivity contribution in [2.45, 2.75) is 59.8 Å². The van der Waals surface area contributed by atoms with E-state index in [-0.39, 0.29) is 159 Å². The zero-order valence-corrected chi connectivity index (χ0v) is 52.2. The fraction of sp³-hybridized carbons (Fsp3) is 0.569. The molecule has 14 heterocycles. The fourth-order valence-electron chi connectivity index (χ4n) is 10.5. The molecule has 8 bridgehead atoms. The summed E-state index contributed by atoms with van der Waals surface area (Å²) < 4.78 is 13.6. The number of rotatable bonds is 14. The molecule has 3 aromatic rings. The maximum atomic E-state index is 13.6. The molecule has 92 heavy (non-hydrogen) atoms. The van der Waals surface area contributed by atoms with Gasteiger partial charge in [0.2, 0.25) is 35.3 Å². The van der Waals surface area contributed by atoms with Crippen LogP contribution in [0.2, 0.25) is 0 Å². The number of likely N-dealkylation sites (tertiary alicyclic amines) is 1. The van der Waals surface area contributed by atoms with E-state index in [2.05, 4.69) is 42.5 Å². The van der Waals surface area contributed by atoms with E-state index in [1.807, 2.05) is 9.80 Å². The minimum Gasteiger partial charge on any atom is -0.502 e. The number of nitrogens with zero attached hydrogens (tertiary/aromatic N) is 7. The number of carbonyl (C=O) groups excluding carboxylic acids is 10. The molecule has 34 nitrogen and oxygen atoms in total. The van der Waals surface area contributed by atoms with Crippen LogP contribution in [0.25, 0.3) is 0 Å². The molecule has 11 aliphatic heterocycles. The predicted molar refractivity (Wildman–Crippen MR) is 328 cm³/mol. The summed E-state index contributed by atoms with van der Waals surface area (Å²) in [5.74, 6) is -11.8. The smallest absolute Gasteiger partial charge is 0.294 e. The second-order valence-corrected chi connectivity index (χ2v) is 22.2. The number of hydrogen-bond acceptors (Lipinski definition) is 22. The van der Waals surface area contributed by atoms with Crippen molar-refractivity contribution in [1.29, 1.82) is 0 Å². The summed E-state index contributed by atoms with van der Waals surface area (Å²) in [4.78, 5) is 181. The number of pyridine rings is 3. The number of Topliss-reactive ketones (excluding diaryl/α,β-unsaturated/α-hetero) is 1. The van der Waals surface area contributed by atoms with Crippen LogP contribution in [0.15, 0.2) is 32.6 Å². The molecule has 504 valence electrons. The highest BCUT2D eigenvalue weighted by Crippen LogP contribution is 2.22. The van der Waals surface area contributed by atoms with Gasteiger partial charge in [-0.1, -0.05) is 0 Å². The molecule has 0 aliphatic carbocycles. The summed E-state index contributed by atoms with van der Waals surface area (Å²) in [6, 6.07) is 3.02. The lowest BCUT2D eigenvalue weighted by atomic mass is 9.89. The molecule has 2 atom stereocenters. The second kappa shape index (κ2) is 34.9. The number of aromatic hydroxyl groups is 3. The molecule has 14 rings (SSSR count). The first-order chi connectivity index (χ1) is 43.9. The highest BCUT2D eigenvalue weighted by atomic mass is 16.5. The van der Waals surface area contributed by atoms with Crippen LogP contribution in [0.4, 0.5) is 0 Å². The zero-order chi connectivity index (χ0) is 67.2. The van der Waals surface area contributed by atoms with Crippen molar-refractivity contribution in [1.82, 2.24) is 75.8 Å². The maximum absolute atomic E-state index is 13.6. The topological polar surface area (TPSA) is 451 Å². The number of piperidine rings is 1. The Kier molecular flexibility index (Phi) is 27.3. The van der Waals surface area contributed by atoms with E-state index in [4.69, 9.17) is 15.2 Å². The molecular formula is C58H84N16O18. The number of nitrogens with one attached hydrogen (secondary N) is 8. The lowest BCUT2D eigenvalue weighted by molar-refractivity contribution is -0.156. The molecule has 3 aromatic heterocycles. The van der Waals surface area contributed by atoms with Gasteiger partial charge < -0.3 is 91.7 Å². The number of aryl methyl sites for hydroxylation is 3. The Morgan fingerprint density at radius 1 is 0.533 bits per heavy atom. The SMILES string of the molecule is Cc1cc2c(O)c(=O)n1CC(=O)NCCN(CCNC(=O)CN1C(=O)C(=O)C(C(=O)NCCOCCOCCN)CC1C)CCN1CCNC(=O)Cn3c(C)cc(c(O)c3=O)C(=O)NCCN(CCNC2=O)CCNC(=O)c2cc(C)n(c(=O)c2O)CC(=O)NCC1. The van der Waals surface area contributed by atoms with Gasteiger partial charge in [-0.25, -0.2) is 0 Å². The highest BCUT2D eigenvalue weighted by molar-refractivity contribution is 6.41. The summed E-state index contributed by atoms with van der Waals surface area (Å²) in [5.41, 5.74) is 1.60. The molecule has 1 fully saturated rings. The van der Waals surface area contributed by atoms with Crippen LogP contribution in [0.3, 0.4) is 0 Å². The van der Waals surface area contributed by atoms with Gasteiger partial charge in [-0.05, 0) is 52.3 Å². The Balaban J connectivity index is 1.25. The van der Waals surface area contributed by atoms with Crippen molar-refractivity contribution >= 4 is 58.9 Å². The average molecular weight is 1290 g/mol. The Bertz CT molecular complexity index is 3290. The van der Waals surface area contributed by atoms with Crippen LogP contribution in [0.1, 0.15) is 61.5 Å². The van der Waals surface area contributed by atoms with Crippen molar-refractivity contribution < 1.29 is 72.7 Å². The van der Waals surface area contributed by atoms with E-state index in [1.165, 1.54) is 39.0 Å². The van der Waals surface area contributed by atoms with Gasteiger partial charge in [0.1, 0.15) is 32.1 Å². The predicted octanol–water partition coefficient (Wildman–Crippen LogP) is -6.88. The number of aromatic nitrogens is 3. The molecular weight excluding hydrogens is 1210 g/mol. The first-order valence-corrected chi connectivity index (χ1v) is 30.3. The standard InChI is InChI=1S/C58H84N16O18/c1-35-27-39-47(79)55(87)71(35)31-43(75)60-6-14-69-15-7-61-44(76)32-72-36(2)28-40(48(80)56(72)88)52(84)65-11-19-68(18-10-64-51(39)83)20-12-66-53(85)41-29-37(3)73(57(89)49(41)81)33-45(77)62-8-16-70(22-21-69)17-9-63-46(78)34-74-38(4)30-42(50(82)58(74)90)54(86)67-13-24-92-26-25-91-23-5-59/h27-29,38,42,79-81H,5-26,30-34,59H2,1-4H3,(H,60,75)(H,61,76)(H,62,77)(H,63,78)(H,64,83)(H,65,84)(H,66,85)(H,67,86). The summed E-state index contributed by atoms with van der Waals surface area (Å²) >= 11 is 0. The van der Waals surface area contributed by atoms with Crippen molar-refractivity contribution in [2.75, 3.05) is 151 Å². The average Bonchev–Trinajstić information content (AvgIpc) is 0.875. The minimum atomic E-state index is -1.28. The van der Waals surface area contributed by atoms with Crippen LogP contribution in [-0.4, -0.2) is 264 Å². The molecule has 1 saturated heterocycles. The summed E-state index contributed by atoms with van der Waals surface area (Å²) in [6.45, 7) is 5.64. The highest BCUT2D eigenvalue weighted by Gasteiger charge is 2.43. The van der Waals surface area contributed by atoms with E-state index in [9.17, 15) is 77.6 Å². The third-order valence-corrected chi connectivity index (χ3v) is 15.7. The van der Waals surface area contributed by atoms with E-state index in [0.29, 0.717) is 19.8 Å². The molecule has 9 amide bonds. The van der Waals surface area contributed by atoms with Crippen molar-refractivity contribution in [3.63, 3.8) is 0 Å². The monoisotopic (exact) mass is 1290 g/mol. The molecule has 11 aliphatic rings. The molecule has 0 radical (unpaired) electrons. The number of ether oxygens (including phenoxy) is 2. The van der Waals surface area contributed by atoms with Crippen LogP contribution in [-0.2, 0) is 62.7 Å². The fourth-order valence-corrected chi connectivity index (χ4v) is 10.5. The van der Waals surface area contributed by atoms with Gasteiger partial charge in [-0.2, -0.15) is 0 Å². The van der Waals surface area contributed by atoms with Crippen molar-refractivity contribution in [2.24, 2.45) is 11.7 Å². The van der Waals surface area contributed by atoms with Gasteiger partial charge in [-0.3, -0.25) is 77.0 Å². The first-order valence-electron chi connectivity index (χ1n) is 30.3. The Labute approximate surface area is 528 Å². The third-order valence-electron chi connectivity index (χ3n) is 15.7. The summed E-state index contributed by atoms with van der Waals surface area (Å²) in [5, 5.41) is 54.6. The quantitative estimate of drug-likeness (QED) is 0.0405. The van der Waals surface area contributed by atoms with Gasteiger partial charge in [0.25, 0.3) is 40.3 Å². The Morgan fingerprint density at radius 2 is 0.935 bits per heavy atom. The largest absolute Gasteiger partial charge is 0.502 e. The van der Waals surface area contributed by atoms with E-state index in [0.717, 1.165) is 18.6 Å². The van der Waals surface area contributed by atoms with Crippen LogP contribution < -0.4 is 64.9 Å². The normalized spacial score (nSPS) is 20.2. The van der Waals surface area contributed by atoms with Crippen molar-refractivity contribution in [3.05, 3.63) is 83.0 Å². The molecule has 0 saturated carbocycles. The van der Waals surface area contributed by atoms with Gasteiger partial charge in [0, 0.05) is 141 Å². The molecule has 2 unspecified atom stereocenters. The lowest BCUT2D eigenvalue weighted by Crippen LogP contribution is -2.57. The molecule has 0 aromatic carbocycles. The third kappa shape index (κ3) is 20.2. The van der Waals surface area contributed by atoms with Crippen LogP contribution >= 0.6 is 0 Å². The second-order valence-electron chi connectivity index (χ2n) is 22.2. The number of amides is 9. The summed E-state index contributed by atoms with van der Waals surface area (Å²) in [7, 11) is 0. The van der Waals surface area contributed by atoms with Gasteiger partial charge in [-0.15, -0.1) is 0 Å². The molecule has 0 spiro atoms. The summed E-state index contributed by atoms with van der Waals surface area (Å²) in [6.07, 6.45) is -0.0453. The lowest BCUT2D eigenvalue weighted by Gasteiger charge is -2.35. The van der Waals surface area contributed by atoms with E-state index >= 15 is 0 Å². The van der Waals surface area contributed by atoms with E-state index < -0.39 is 137 Å². The first kappa shape index (κ1) is 72.0. The maximum Gasteiger partial charge on any atom is 0.294 e. The van der Waals surface area contributed by atoms with E-state index in [1.54, 1.807) is 11.8 Å². The number of hydrogen-bond donors (Lipinski definition) is 12. The van der Waals surface area contributed by atoms with Crippen LogP contribution in [0.5, 0.6) is 17.2 Å². The van der Waals surface area contributed by atoms with Gasteiger partial charge in [0.15, 0.2) is 17.2 Å².